The molecule has 0 saturated carbocycles. The largest absolute Gasteiger partial charge is 0.339 e. The van der Waals surface area contributed by atoms with Crippen LogP contribution >= 0.6 is 11.8 Å². The van der Waals surface area contributed by atoms with E-state index in [0.29, 0.717) is 17.1 Å². The predicted octanol–water partition coefficient (Wildman–Crippen LogP) is 1.95. The fourth-order valence-electron chi connectivity index (χ4n) is 2.91. The molecule has 3 aromatic heterocycles. The maximum atomic E-state index is 12.3. The molecule has 0 atom stereocenters. The number of hydrogen-bond donors (Lipinski definition) is 3. The van der Waals surface area contributed by atoms with Crippen molar-refractivity contribution in [3.8, 4) is 11.6 Å². The molecule has 0 saturated heterocycles. The van der Waals surface area contributed by atoms with E-state index in [-0.39, 0.29) is 24.6 Å². The number of carbonyl (C=O) groups excluding carboxylic acids is 2. The molecule has 0 fully saturated rings. The standard InChI is InChI=1S/C21H21N9O3S/c1-12-9-13(2)25-21(24-12)34-10-14-3-5-15(6-4-14)20(32)29-27-16(31)7-8-17-26-19(30-33-17)18-22-11-23-28-18/h3-6,9,11H,7-8,10H2,1-2H3,(H,27,31)(H,29,32)(H,22,23,28). The van der Waals surface area contributed by atoms with Gasteiger partial charge in [0.2, 0.25) is 17.6 Å². The Kier molecular flexibility index (Phi) is 7.22. The Bertz CT molecular complexity index is 1250. The fourth-order valence-corrected chi connectivity index (χ4v) is 3.81. The van der Waals surface area contributed by atoms with Crippen LogP contribution in [0.15, 0.2) is 46.3 Å². The second-order valence-electron chi connectivity index (χ2n) is 7.27. The number of hydrogen-bond acceptors (Lipinski definition) is 10. The minimum Gasteiger partial charge on any atom is -0.339 e. The first-order chi connectivity index (χ1) is 16.5. The number of thioether (sulfide) groups is 1. The summed E-state index contributed by atoms with van der Waals surface area (Å²) in [6, 6.07) is 9.03. The van der Waals surface area contributed by atoms with E-state index in [4.69, 9.17) is 4.52 Å². The molecule has 0 spiro atoms. The second-order valence-corrected chi connectivity index (χ2v) is 8.21. The molecule has 0 aliphatic carbocycles. The fraction of sp³-hybridized carbons (Fsp3) is 0.238. The molecule has 0 aliphatic heterocycles. The Balaban J connectivity index is 1.21. The normalized spacial score (nSPS) is 10.8. The lowest BCUT2D eigenvalue weighted by Crippen LogP contribution is -2.41. The van der Waals surface area contributed by atoms with Gasteiger partial charge in [0.1, 0.15) is 6.33 Å². The van der Waals surface area contributed by atoms with Crippen LogP contribution in [0.1, 0.15) is 39.6 Å². The second kappa shape index (κ2) is 10.7. The van der Waals surface area contributed by atoms with Crippen LogP contribution in [0.25, 0.3) is 11.6 Å². The van der Waals surface area contributed by atoms with Gasteiger partial charge in [-0.25, -0.2) is 15.0 Å². The molecule has 174 valence electrons. The van der Waals surface area contributed by atoms with Crippen molar-refractivity contribution in [3.05, 3.63) is 65.1 Å². The Labute approximate surface area is 198 Å². The molecular weight excluding hydrogens is 458 g/mol. The summed E-state index contributed by atoms with van der Waals surface area (Å²) in [6.07, 6.45) is 1.59. The zero-order valence-electron chi connectivity index (χ0n) is 18.4. The van der Waals surface area contributed by atoms with Gasteiger partial charge in [-0.05, 0) is 37.6 Å². The van der Waals surface area contributed by atoms with E-state index >= 15 is 0 Å². The lowest BCUT2D eigenvalue weighted by Gasteiger charge is -2.08. The number of H-pyrrole nitrogens is 1. The van der Waals surface area contributed by atoms with Crippen molar-refractivity contribution in [1.82, 2.24) is 46.1 Å². The predicted molar refractivity (Wildman–Crippen MR) is 121 cm³/mol. The molecule has 34 heavy (non-hydrogen) atoms. The summed E-state index contributed by atoms with van der Waals surface area (Å²) < 4.78 is 5.08. The Morgan fingerprint density at radius 2 is 1.82 bits per heavy atom. The number of nitrogens with one attached hydrogen (secondary N) is 3. The van der Waals surface area contributed by atoms with Gasteiger partial charge >= 0.3 is 0 Å². The lowest BCUT2D eigenvalue weighted by molar-refractivity contribution is -0.121. The first kappa shape index (κ1) is 23.0. The van der Waals surface area contributed by atoms with Gasteiger partial charge < -0.3 is 4.52 Å². The summed E-state index contributed by atoms with van der Waals surface area (Å²) in [7, 11) is 0. The van der Waals surface area contributed by atoms with Crippen LogP contribution in [-0.2, 0) is 17.0 Å². The zero-order valence-corrected chi connectivity index (χ0v) is 19.2. The van der Waals surface area contributed by atoms with Crippen LogP contribution in [0.4, 0.5) is 0 Å². The van der Waals surface area contributed by atoms with Crippen LogP contribution in [-0.4, -0.2) is 47.1 Å². The van der Waals surface area contributed by atoms with Gasteiger partial charge in [0.15, 0.2) is 11.0 Å². The van der Waals surface area contributed by atoms with Gasteiger partial charge in [-0.1, -0.05) is 29.1 Å². The number of amides is 2. The van der Waals surface area contributed by atoms with Crippen molar-refractivity contribution < 1.29 is 14.1 Å². The van der Waals surface area contributed by atoms with Crippen molar-refractivity contribution >= 4 is 23.6 Å². The summed E-state index contributed by atoms with van der Waals surface area (Å²) in [4.78, 5) is 41.2. The average Bonchev–Trinajstić information content (AvgIpc) is 3.52. The van der Waals surface area contributed by atoms with Crippen molar-refractivity contribution in [2.45, 2.75) is 37.6 Å². The third kappa shape index (κ3) is 6.22. The molecule has 1 aromatic carbocycles. The van der Waals surface area contributed by atoms with E-state index in [0.717, 1.165) is 22.1 Å². The number of hydrazine groups is 1. The number of aromatic nitrogens is 7. The lowest BCUT2D eigenvalue weighted by atomic mass is 10.1. The van der Waals surface area contributed by atoms with Gasteiger partial charge in [0.05, 0.1) is 0 Å². The van der Waals surface area contributed by atoms with Gasteiger partial charge in [0, 0.05) is 35.5 Å². The maximum absolute atomic E-state index is 12.3. The van der Waals surface area contributed by atoms with Crippen molar-refractivity contribution in [2.75, 3.05) is 0 Å². The van der Waals surface area contributed by atoms with Crippen LogP contribution in [0.5, 0.6) is 0 Å². The number of rotatable bonds is 8. The summed E-state index contributed by atoms with van der Waals surface area (Å²) in [5.41, 5.74) is 8.08. The topological polar surface area (TPSA) is 164 Å². The molecule has 4 aromatic rings. The van der Waals surface area contributed by atoms with E-state index in [1.54, 1.807) is 12.1 Å². The van der Waals surface area contributed by atoms with E-state index < -0.39 is 11.8 Å². The maximum Gasteiger partial charge on any atom is 0.269 e. The molecule has 0 radical (unpaired) electrons. The Hall–Kier alpha value is -4.13. The molecule has 0 unspecified atom stereocenters. The summed E-state index contributed by atoms with van der Waals surface area (Å²) >= 11 is 1.53. The van der Waals surface area contributed by atoms with Gasteiger partial charge in [0.25, 0.3) is 5.91 Å². The number of benzene rings is 1. The van der Waals surface area contributed by atoms with E-state index in [9.17, 15) is 9.59 Å². The summed E-state index contributed by atoms with van der Waals surface area (Å²) in [5.74, 6) is 0.756. The molecule has 0 aliphatic rings. The van der Waals surface area contributed by atoms with E-state index in [1.165, 1.54) is 18.1 Å². The number of aryl methyl sites for hydroxylation is 3. The van der Waals surface area contributed by atoms with Gasteiger partial charge in [-0.3, -0.25) is 25.5 Å². The van der Waals surface area contributed by atoms with E-state index in [2.05, 4.69) is 46.1 Å². The first-order valence-corrected chi connectivity index (χ1v) is 11.3. The molecule has 0 bridgehead atoms. The first-order valence-electron chi connectivity index (χ1n) is 10.3. The number of carbonyl (C=O) groups is 2. The Morgan fingerprint density at radius 3 is 2.53 bits per heavy atom. The minimum atomic E-state index is -0.421. The van der Waals surface area contributed by atoms with Crippen LogP contribution in [0.3, 0.4) is 0 Å². The van der Waals surface area contributed by atoms with Gasteiger partial charge in [-0.15, -0.1) is 0 Å². The molecular formula is C21H21N9O3S. The van der Waals surface area contributed by atoms with Crippen molar-refractivity contribution in [1.29, 1.82) is 0 Å². The smallest absolute Gasteiger partial charge is 0.269 e. The third-order valence-electron chi connectivity index (χ3n) is 4.52. The quantitative estimate of drug-likeness (QED) is 0.193. The molecule has 12 nitrogen and oxygen atoms in total. The highest BCUT2D eigenvalue weighted by molar-refractivity contribution is 7.98. The van der Waals surface area contributed by atoms with E-state index in [1.807, 2.05) is 32.0 Å². The van der Waals surface area contributed by atoms with Crippen molar-refractivity contribution in [3.63, 3.8) is 0 Å². The van der Waals surface area contributed by atoms with Gasteiger partial charge in [-0.2, -0.15) is 10.1 Å². The average molecular weight is 480 g/mol. The number of nitrogens with zero attached hydrogens (tertiary/aromatic N) is 6. The third-order valence-corrected chi connectivity index (χ3v) is 5.44. The minimum absolute atomic E-state index is 0.0506. The van der Waals surface area contributed by atoms with Crippen LogP contribution in [0.2, 0.25) is 0 Å². The molecule has 3 heterocycles. The highest BCUT2D eigenvalue weighted by Crippen LogP contribution is 2.20. The molecule has 3 N–H and O–H groups in total. The highest BCUT2D eigenvalue weighted by atomic mass is 32.2. The van der Waals surface area contributed by atoms with Crippen LogP contribution < -0.4 is 10.9 Å². The van der Waals surface area contributed by atoms with Crippen LogP contribution in [0, 0.1) is 13.8 Å². The highest BCUT2D eigenvalue weighted by Gasteiger charge is 2.13. The summed E-state index contributed by atoms with van der Waals surface area (Å²) in [5, 5.41) is 10.8. The summed E-state index contributed by atoms with van der Waals surface area (Å²) in [6.45, 7) is 3.87. The molecule has 2 amide bonds. The SMILES string of the molecule is Cc1cc(C)nc(SCc2ccc(C(=O)NNC(=O)CCc3nc(-c4ncn[nH]4)no3)cc2)n1. The Morgan fingerprint density at radius 1 is 1.06 bits per heavy atom. The monoisotopic (exact) mass is 479 g/mol. The molecule has 4 rings (SSSR count). The zero-order chi connectivity index (χ0) is 23.9. The van der Waals surface area contributed by atoms with Crippen molar-refractivity contribution in [2.24, 2.45) is 0 Å². The number of aromatic amines is 1. The molecule has 13 heteroatoms.